The molecule has 2 nitrogen and oxygen atoms in total. The van der Waals surface area contributed by atoms with Crippen molar-refractivity contribution in [1.82, 2.24) is 0 Å². The Morgan fingerprint density at radius 2 is 1.50 bits per heavy atom. The molecule has 0 saturated carbocycles. The summed E-state index contributed by atoms with van der Waals surface area (Å²) >= 11 is 0. The molecule has 0 aliphatic rings. The van der Waals surface area contributed by atoms with Gasteiger partial charge in [0, 0.05) is 0 Å². The van der Waals surface area contributed by atoms with E-state index in [1.165, 1.54) is 0 Å². The number of hydrogen-bond donors (Lipinski definition) is 0. The Morgan fingerprint density at radius 3 is 1.89 bits per heavy atom. The van der Waals surface area contributed by atoms with Crippen LogP contribution < -0.4 is 9.47 Å². The summed E-state index contributed by atoms with van der Waals surface area (Å²) < 4.78 is 11.2. The van der Waals surface area contributed by atoms with Crippen molar-refractivity contribution in [3.8, 4) is 23.0 Å². The van der Waals surface area contributed by atoms with Crippen molar-refractivity contribution in [2.45, 2.75) is 33.5 Å². The van der Waals surface area contributed by atoms with Gasteiger partial charge in [-0.3, -0.25) is 0 Å². The van der Waals surface area contributed by atoms with E-state index in [0.29, 0.717) is 13.2 Å². The molecule has 0 amide bonds. The van der Waals surface area contributed by atoms with Crippen LogP contribution >= 0.6 is 0 Å². The fourth-order valence-electron chi connectivity index (χ4n) is 1.44. The molecule has 0 heterocycles. The van der Waals surface area contributed by atoms with Gasteiger partial charge in [0.1, 0.15) is 25.1 Å². The standard InChI is InChI=1S/C15H22O2Si/c1-6-16-14-9-8-10-15(17-7-2)13(14)11-12-18(3,4)5/h8-10H,6-7H2,1-5H3. The average Bonchev–Trinajstić information content (AvgIpc) is 2.28. The molecule has 0 saturated heterocycles. The van der Waals surface area contributed by atoms with Gasteiger partial charge in [-0.15, -0.1) is 5.54 Å². The van der Waals surface area contributed by atoms with E-state index in [2.05, 4.69) is 31.1 Å². The van der Waals surface area contributed by atoms with Crippen LogP contribution in [0.15, 0.2) is 18.2 Å². The van der Waals surface area contributed by atoms with E-state index >= 15 is 0 Å². The third-order valence-electron chi connectivity index (χ3n) is 2.15. The van der Waals surface area contributed by atoms with Crippen LogP contribution in [0, 0.1) is 11.5 Å². The fourth-order valence-corrected chi connectivity index (χ4v) is 1.94. The van der Waals surface area contributed by atoms with Crippen LogP contribution in [0.3, 0.4) is 0 Å². The molecule has 98 valence electrons. The Kier molecular flexibility index (Phi) is 5.30. The molecule has 1 rings (SSSR count). The summed E-state index contributed by atoms with van der Waals surface area (Å²) in [4.78, 5) is 0. The first-order valence-corrected chi connectivity index (χ1v) is 9.89. The van der Waals surface area contributed by atoms with Crippen molar-refractivity contribution in [3.63, 3.8) is 0 Å². The fraction of sp³-hybridized carbons (Fsp3) is 0.467. The third-order valence-corrected chi connectivity index (χ3v) is 3.03. The highest BCUT2D eigenvalue weighted by Gasteiger charge is 2.11. The van der Waals surface area contributed by atoms with E-state index in [9.17, 15) is 0 Å². The van der Waals surface area contributed by atoms with Crippen LogP contribution in [-0.4, -0.2) is 21.3 Å². The Labute approximate surface area is 111 Å². The highest BCUT2D eigenvalue weighted by Crippen LogP contribution is 2.27. The maximum atomic E-state index is 5.62. The minimum absolute atomic E-state index is 0.636. The zero-order valence-corrected chi connectivity index (χ0v) is 13.0. The topological polar surface area (TPSA) is 18.5 Å². The molecule has 1 aromatic rings. The largest absolute Gasteiger partial charge is 0.492 e. The van der Waals surface area contributed by atoms with Crippen LogP contribution in [0.1, 0.15) is 19.4 Å². The second kappa shape index (κ2) is 6.51. The highest BCUT2D eigenvalue weighted by atomic mass is 28.3. The molecule has 0 radical (unpaired) electrons. The van der Waals surface area contributed by atoms with Gasteiger partial charge in [-0.05, 0) is 26.0 Å². The molecule has 0 aliphatic heterocycles. The zero-order chi connectivity index (χ0) is 13.6. The van der Waals surface area contributed by atoms with Crippen molar-refractivity contribution in [2.24, 2.45) is 0 Å². The van der Waals surface area contributed by atoms with Gasteiger partial charge in [0.25, 0.3) is 0 Å². The number of ether oxygens (including phenoxy) is 2. The predicted molar refractivity (Wildman–Crippen MR) is 79.0 cm³/mol. The Balaban J connectivity index is 3.20. The molecule has 0 atom stereocenters. The van der Waals surface area contributed by atoms with Gasteiger partial charge >= 0.3 is 0 Å². The monoisotopic (exact) mass is 262 g/mol. The smallest absolute Gasteiger partial charge is 0.138 e. The molecular formula is C15H22O2Si. The average molecular weight is 262 g/mol. The maximum absolute atomic E-state index is 5.62. The van der Waals surface area contributed by atoms with Gasteiger partial charge in [-0.25, -0.2) is 0 Å². The second-order valence-electron chi connectivity index (χ2n) is 5.00. The van der Waals surface area contributed by atoms with Crippen molar-refractivity contribution < 1.29 is 9.47 Å². The molecule has 0 spiro atoms. The summed E-state index contributed by atoms with van der Waals surface area (Å²) in [6.45, 7) is 11.9. The first kappa shape index (κ1) is 14.7. The summed E-state index contributed by atoms with van der Waals surface area (Å²) in [7, 11) is -1.40. The first-order valence-electron chi connectivity index (χ1n) is 6.39. The molecule has 0 fully saturated rings. The van der Waals surface area contributed by atoms with Crippen LogP contribution in [0.5, 0.6) is 11.5 Å². The molecule has 0 unspecified atom stereocenters. The summed E-state index contributed by atoms with van der Waals surface area (Å²) in [6, 6.07) is 5.83. The lowest BCUT2D eigenvalue weighted by Gasteiger charge is -2.11. The van der Waals surface area contributed by atoms with Gasteiger partial charge in [-0.1, -0.05) is 31.6 Å². The highest BCUT2D eigenvalue weighted by molar-refractivity contribution is 6.83. The quantitative estimate of drug-likeness (QED) is 0.608. The lowest BCUT2D eigenvalue weighted by Crippen LogP contribution is -2.16. The summed E-state index contributed by atoms with van der Waals surface area (Å²) in [5.41, 5.74) is 4.24. The van der Waals surface area contributed by atoms with E-state index in [-0.39, 0.29) is 0 Å². The normalized spacial score (nSPS) is 10.5. The van der Waals surface area contributed by atoms with Gasteiger partial charge in [0.05, 0.1) is 13.2 Å². The molecule has 0 aliphatic carbocycles. The number of hydrogen-bond acceptors (Lipinski definition) is 2. The Bertz CT molecular complexity index is 426. The maximum Gasteiger partial charge on any atom is 0.138 e. The van der Waals surface area contributed by atoms with Crippen molar-refractivity contribution >= 4 is 8.07 Å². The number of rotatable bonds is 4. The van der Waals surface area contributed by atoms with E-state index in [4.69, 9.17) is 9.47 Å². The Morgan fingerprint density at radius 1 is 1.00 bits per heavy atom. The van der Waals surface area contributed by atoms with Crippen LogP contribution in [-0.2, 0) is 0 Å². The predicted octanol–water partition coefficient (Wildman–Crippen LogP) is 3.71. The minimum atomic E-state index is -1.40. The van der Waals surface area contributed by atoms with Gasteiger partial charge < -0.3 is 9.47 Å². The van der Waals surface area contributed by atoms with E-state index in [1.807, 2.05) is 32.0 Å². The van der Waals surface area contributed by atoms with E-state index in [0.717, 1.165) is 17.1 Å². The zero-order valence-electron chi connectivity index (χ0n) is 12.0. The first-order chi connectivity index (χ1) is 8.48. The molecule has 3 heteroatoms. The second-order valence-corrected chi connectivity index (χ2v) is 9.75. The van der Waals surface area contributed by atoms with E-state index in [1.54, 1.807) is 0 Å². The number of benzene rings is 1. The van der Waals surface area contributed by atoms with Crippen molar-refractivity contribution in [2.75, 3.05) is 13.2 Å². The summed E-state index contributed by atoms with van der Waals surface area (Å²) in [5, 5.41) is 0. The van der Waals surface area contributed by atoms with Crippen molar-refractivity contribution in [3.05, 3.63) is 23.8 Å². The lowest BCUT2D eigenvalue weighted by atomic mass is 10.2. The van der Waals surface area contributed by atoms with E-state index < -0.39 is 8.07 Å². The van der Waals surface area contributed by atoms with Gasteiger partial charge in [0.15, 0.2) is 0 Å². The molecule has 0 N–H and O–H groups in total. The Hall–Kier alpha value is -1.40. The van der Waals surface area contributed by atoms with Crippen LogP contribution in [0.25, 0.3) is 0 Å². The van der Waals surface area contributed by atoms with Gasteiger partial charge in [-0.2, -0.15) is 0 Å². The molecule has 0 aromatic heterocycles. The van der Waals surface area contributed by atoms with Gasteiger partial charge in [0.2, 0.25) is 0 Å². The lowest BCUT2D eigenvalue weighted by molar-refractivity contribution is 0.321. The molecular weight excluding hydrogens is 240 g/mol. The van der Waals surface area contributed by atoms with Crippen LogP contribution in [0.2, 0.25) is 19.6 Å². The summed E-state index contributed by atoms with van der Waals surface area (Å²) in [5.74, 6) is 4.88. The third kappa shape index (κ3) is 4.46. The van der Waals surface area contributed by atoms with Crippen molar-refractivity contribution in [1.29, 1.82) is 0 Å². The SMILES string of the molecule is CCOc1cccc(OCC)c1C#C[Si](C)(C)C. The van der Waals surface area contributed by atoms with Crippen LogP contribution in [0.4, 0.5) is 0 Å². The molecule has 0 bridgehead atoms. The molecule has 1 aromatic carbocycles. The summed E-state index contributed by atoms with van der Waals surface area (Å²) in [6.07, 6.45) is 0. The molecule has 18 heavy (non-hydrogen) atoms. The minimum Gasteiger partial charge on any atom is -0.492 e.